The van der Waals surface area contributed by atoms with Gasteiger partial charge in [-0.15, -0.1) is 0 Å². The number of hydrogen-bond donors (Lipinski definition) is 1. The van der Waals surface area contributed by atoms with Gasteiger partial charge in [0.1, 0.15) is 5.69 Å². The van der Waals surface area contributed by atoms with Crippen LogP contribution in [0.15, 0.2) is 30.3 Å². The standard InChI is InChI=1S/C17H18F2N2O3/c1-24-15-13-5-3-2-4-11(13)8-14(20-15)16(23)21-7-6-17(18,19)12(9-21)10-22/h2-5,8,12,22H,6-7,9-10H2,1H3. The number of pyridine rings is 1. The molecule has 1 aliphatic rings. The van der Waals surface area contributed by atoms with Gasteiger partial charge in [-0.25, -0.2) is 13.8 Å². The average molecular weight is 336 g/mol. The monoisotopic (exact) mass is 336 g/mol. The second-order valence-electron chi connectivity index (χ2n) is 5.88. The maximum Gasteiger partial charge on any atom is 0.272 e. The van der Waals surface area contributed by atoms with Crippen molar-refractivity contribution in [2.45, 2.75) is 12.3 Å². The molecule has 1 aromatic heterocycles. The van der Waals surface area contributed by atoms with E-state index < -0.39 is 30.8 Å². The van der Waals surface area contributed by atoms with Gasteiger partial charge >= 0.3 is 0 Å². The molecule has 0 aliphatic carbocycles. The van der Waals surface area contributed by atoms with Gasteiger partial charge in [0.25, 0.3) is 11.8 Å². The second-order valence-corrected chi connectivity index (χ2v) is 5.88. The molecule has 1 fully saturated rings. The third kappa shape index (κ3) is 2.91. The Morgan fingerprint density at radius 2 is 2.21 bits per heavy atom. The predicted octanol–water partition coefficient (Wildman–Crippen LogP) is 2.33. The molecule has 3 rings (SSSR count). The van der Waals surface area contributed by atoms with Crippen molar-refractivity contribution in [3.63, 3.8) is 0 Å². The number of aliphatic hydroxyl groups is 1. The summed E-state index contributed by atoms with van der Waals surface area (Å²) in [6.07, 6.45) is -0.464. The van der Waals surface area contributed by atoms with Gasteiger partial charge < -0.3 is 14.7 Å². The third-order valence-corrected chi connectivity index (χ3v) is 4.38. The molecule has 1 aliphatic heterocycles. The van der Waals surface area contributed by atoms with Gasteiger partial charge in [-0.1, -0.05) is 18.2 Å². The average Bonchev–Trinajstić information content (AvgIpc) is 2.60. The fraction of sp³-hybridized carbons (Fsp3) is 0.412. The number of nitrogens with zero attached hydrogens (tertiary/aromatic N) is 2. The molecular formula is C17H18F2N2O3. The molecule has 5 nitrogen and oxygen atoms in total. The molecule has 1 aromatic carbocycles. The number of alkyl halides is 2. The SMILES string of the molecule is COc1nc(C(=O)N2CCC(F)(F)C(CO)C2)cc2ccccc12. The summed E-state index contributed by atoms with van der Waals surface area (Å²) in [5, 5.41) is 10.7. The lowest BCUT2D eigenvalue weighted by molar-refractivity contribution is -0.113. The van der Waals surface area contributed by atoms with Crippen LogP contribution in [-0.4, -0.2) is 53.6 Å². The number of methoxy groups -OCH3 is 1. The number of hydrogen-bond acceptors (Lipinski definition) is 4. The Bertz CT molecular complexity index is 767. The largest absolute Gasteiger partial charge is 0.481 e. The lowest BCUT2D eigenvalue weighted by Crippen LogP contribution is -2.50. The first kappa shape index (κ1) is 16.6. The molecule has 128 valence electrons. The molecule has 1 unspecified atom stereocenters. The lowest BCUT2D eigenvalue weighted by Gasteiger charge is -2.37. The summed E-state index contributed by atoms with van der Waals surface area (Å²) in [6.45, 7) is -0.927. The van der Waals surface area contributed by atoms with Gasteiger partial charge in [0.2, 0.25) is 5.88 Å². The summed E-state index contributed by atoms with van der Waals surface area (Å²) in [4.78, 5) is 18.2. The van der Waals surface area contributed by atoms with Crippen molar-refractivity contribution in [2.24, 2.45) is 5.92 Å². The predicted molar refractivity (Wildman–Crippen MR) is 84.3 cm³/mol. The zero-order valence-corrected chi connectivity index (χ0v) is 13.2. The minimum atomic E-state index is -2.96. The molecule has 1 saturated heterocycles. The van der Waals surface area contributed by atoms with Crippen molar-refractivity contribution >= 4 is 16.7 Å². The van der Waals surface area contributed by atoms with E-state index in [-0.39, 0.29) is 18.8 Å². The van der Waals surface area contributed by atoms with E-state index in [0.717, 1.165) is 10.8 Å². The molecule has 1 amide bonds. The van der Waals surface area contributed by atoms with Crippen molar-refractivity contribution in [1.82, 2.24) is 9.88 Å². The van der Waals surface area contributed by atoms with Crippen molar-refractivity contribution in [3.8, 4) is 5.88 Å². The Labute approximate surface area is 137 Å². The van der Waals surface area contributed by atoms with Gasteiger partial charge in [-0.3, -0.25) is 4.79 Å². The summed E-state index contributed by atoms with van der Waals surface area (Å²) < 4.78 is 32.6. The number of amides is 1. The van der Waals surface area contributed by atoms with Crippen LogP contribution in [0.1, 0.15) is 16.9 Å². The van der Waals surface area contributed by atoms with Crippen LogP contribution < -0.4 is 4.74 Å². The maximum atomic E-state index is 13.7. The van der Waals surface area contributed by atoms with Crippen molar-refractivity contribution < 1.29 is 23.4 Å². The van der Waals surface area contributed by atoms with Crippen molar-refractivity contribution in [2.75, 3.05) is 26.8 Å². The Hall–Kier alpha value is -2.28. The summed E-state index contributed by atoms with van der Waals surface area (Å²) in [5.41, 5.74) is 0.146. The van der Waals surface area contributed by atoms with Crippen LogP contribution in [-0.2, 0) is 0 Å². The van der Waals surface area contributed by atoms with Gasteiger partial charge in [-0.2, -0.15) is 0 Å². The first-order valence-electron chi connectivity index (χ1n) is 7.68. The zero-order chi connectivity index (χ0) is 17.3. The molecule has 24 heavy (non-hydrogen) atoms. The van der Waals surface area contributed by atoms with Crippen LogP contribution in [0.3, 0.4) is 0 Å². The molecule has 2 aromatic rings. The van der Waals surface area contributed by atoms with Crippen LogP contribution in [0.2, 0.25) is 0 Å². The topological polar surface area (TPSA) is 62.7 Å². The lowest BCUT2D eigenvalue weighted by atomic mass is 9.94. The highest BCUT2D eigenvalue weighted by molar-refractivity contribution is 5.98. The highest BCUT2D eigenvalue weighted by Crippen LogP contribution is 2.34. The fourth-order valence-electron chi connectivity index (χ4n) is 2.95. The molecule has 0 radical (unpaired) electrons. The quantitative estimate of drug-likeness (QED) is 0.934. The molecule has 0 saturated carbocycles. The molecule has 0 spiro atoms. The number of ether oxygens (including phenoxy) is 1. The molecular weight excluding hydrogens is 318 g/mol. The van der Waals surface area contributed by atoms with Crippen LogP contribution in [0.5, 0.6) is 5.88 Å². The summed E-state index contributed by atoms with van der Waals surface area (Å²) in [6, 6.07) is 8.96. The van der Waals surface area contributed by atoms with E-state index >= 15 is 0 Å². The Morgan fingerprint density at radius 1 is 1.46 bits per heavy atom. The number of likely N-dealkylation sites (tertiary alicyclic amines) is 1. The van der Waals surface area contributed by atoms with Crippen LogP contribution >= 0.6 is 0 Å². The van der Waals surface area contributed by atoms with Gasteiger partial charge in [0, 0.05) is 24.9 Å². The number of aromatic nitrogens is 1. The van der Waals surface area contributed by atoms with Gasteiger partial charge in [-0.05, 0) is 17.5 Å². The first-order valence-corrected chi connectivity index (χ1v) is 7.68. The van der Waals surface area contributed by atoms with E-state index in [1.165, 1.54) is 12.0 Å². The highest BCUT2D eigenvalue weighted by atomic mass is 19.3. The number of carbonyl (C=O) groups excluding carboxylic acids is 1. The number of carbonyl (C=O) groups is 1. The molecule has 0 bridgehead atoms. The normalized spacial score (nSPS) is 20.2. The number of piperidine rings is 1. The summed E-state index contributed by atoms with van der Waals surface area (Å²) >= 11 is 0. The number of benzene rings is 1. The van der Waals surface area contributed by atoms with E-state index in [1.807, 2.05) is 24.3 Å². The Kier molecular flexibility index (Phi) is 4.36. The Morgan fingerprint density at radius 3 is 2.92 bits per heavy atom. The number of rotatable bonds is 3. The van der Waals surface area contributed by atoms with E-state index in [0.29, 0.717) is 5.88 Å². The minimum Gasteiger partial charge on any atom is -0.481 e. The molecule has 7 heteroatoms. The smallest absolute Gasteiger partial charge is 0.272 e. The Balaban J connectivity index is 1.91. The fourth-order valence-corrected chi connectivity index (χ4v) is 2.95. The highest BCUT2D eigenvalue weighted by Gasteiger charge is 2.45. The molecule has 2 heterocycles. The molecule has 1 atom stereocenters. The maximum absolute atomic E-state index is 13.7. The summed E-state index contributed by atoms with van der Waals surface area (Å²) in [5.74, 6) is -4.33. The third-order valence-electron chi connectivity index (χ3n) is 4.38. The second kappa shape index (κ2) is 6.32. The van der Waals surface area contributed by atoms with Crippen LogP contribution in [0.25, 0.3) is 10.8 Å². The molecule has 1 N–H and O–H groups in total. The summed E-state index contributed by atoms with van der Waals surface area (Å²) in [7, 11) is 1.46. The van der Waals surface area contributed by atoms with E-state index in [9.17, 15) is 13.6 Å². The number of halogens is 2. The van der Waals surface area contributed by atoms with Crippen molar-refractivity contribution in [1.29, 1.82) is 0 Å². The van der Waals surface area contributed by atoms with Crippen LogP contribution in [0.4, 0.5) is 8.78 Å². The van der Waals surface area contributed by atoms with Crippen molar-refractivity contribution in [3.05, 3.63) is 36.0 Å². The van der Waals surface area contributed by atoms with E-state index in [1.54, 1.807) is 6.07 Å². The first-order chi connectivity index (χ1) is 11.5. The van der Waals surface area contributed by atoms with Crippen LogP contribution in [0, 0.1) is 5.92 Å². The van der Waals surface area contributed by atoms with Gasteiger partial charge in [0.15, 0.2) is 0 Å². The minimum absolute atomic E-state index is 0.0703. The number of aliphatic hydroxyl groups excluding tert-OH is 1. The van der Waals surface area contributed by atoms with E-state index in [2.05, 4.69) is 4.98 Å². The van der Waals surface area contributed by atoms with E-state index in [4.69, 9.17) is 9.84 Å². The van der Waals surface area contributed by atoms with Gasteiger partial charge in [0.05, 0.1) is 19.6 Å². The number of fused-ring (bicyclic) bond motifs is 1. The zero-order valence-electron chi connectivity index (χ0n) is 13.2.